The normalized spacial score (nSPS) is 15.9. The van der Waals surface area contributed by atoms with Crippen LogP contribution in [0.3, 0.4) is 0 Å². The van der Waals surface area contributed by atoms with Gasteiger partial charge in [-0.25, -0.2) is 8.78 Å². The third kappa shape index (κ3) is 7.10. The average molecular weight is 466 g/mol. The van der Waals surface area contributed by atoms with Gasteiger partial charge in [-0.05, 0) is 73.5 Å². The van der Waals surface area contributed by atoms with E-state index in [1.54, 1.807) is 24.3 Å². The van der Waals surface area contributed by atoms with Gasteiger partial charge in [0.2, 0.25) is 0 Å². The van der Waals surface area contributed by atoms with Crippen molar-refractivity contribution in [3.63, 3.8) is 0 Å². The number of aliphatic hydroxyl groups excluding tert-OH is 1. The van der Waals surface area contributed by atoms with Crippen LogP contribution in [0.1, 0.15) is 12.0 Å². The van der Waals surface area contributed by atoms with Crippen LogP contribution in [0, 0.1) is 11.6 Å². The standard InChI is InChI=1S/C28H33F2N3O/c29-24-7-11-26(12-8-24)33(27-13-9-25(30)10-14-27)16-4-15-31-17-19-32(20-18-31)22-28(34)21-23-5-2-1-3-6-23/h1-3,5-14,28,34H,4,15-22H2/t28-/m1/s1. The molecule has 1 fully saturated rings. The summed E-state index contributed by atoms with van der Waals surface area (Å²) < 4.78 is 26.9. The molecule has 0 bridgehead atoms. The number of piperazine rings is 1. The first kappa shape index (κ1) is 24.3. The number of nitrogens with zero attached hydrogens (tertiary/aromatic N) is 3. The topological polar surface area (TPSA) is 30.0 Å². The van der Waals surface area contributed by atoms with Gasteiger partial charge in [-0.15, -0.1) is 0 Å². The molecular weight excluding hydrogens is 432 g/mol. The average Bonchev–Trinajstić information content (AvgIpc) is 2.85. The van der Waals surface area contributed by atoms with Crippen molar-refractivity contribution in [3.05, 3.63) is 96.1 Å². The second-order valence-corrected chi connectivity index (χ2v) is 8.94. The molecule has 0 saturated carbocycles. The van der Waals surface area contributed by atoms with E-state index in [-0.39, 0.29) is 17.7 Å². The van der Waals surface area contributed by atoms with Gasteiger partial charge in [0.1, 0.15) is 11.6 Å². The van der Waals surface area contributed by atoms with Crippen LogP contribution in [0.5, 0.6) is 0 Å². The number of anilines is 2. The van der Waals surface area contributed by atoms with Crippen molar-refractivity contribution in [1.29, 1.82) is 0 Å². The third-order valence-corrected chi connectivity index (χ3v) is 6.38. The van der Waals surface area contributed by atoms with Crippen LogP contribution >= 0.6 is 0 Å². The summed E-state index contributed by atoms with van der Waals surface area (Å²) in [7, 11) is 0. The van der Waals surface area contributed by atoms with Gasteiger partial charge in [0.25, 0.3) is 0 Å². The Morgan fingerprint density at radius 3 is 1.82 bits per heavy atom. The fourth-order valence-electron chi connectivity index (χ4n) is 4.55. The molecule has 3 aromatic carbocycles. The Hall–Kier alpha value is -2.80. The molecule has 0 aliphatic carbocycles. The van der Waals surface area contributed by atoms with E-state index >= 15 is 0 Å². The molecule has 0 spiro atoms. The lowest BCUT2D eigenvalue weighted by molar-refractivity contribution is 0.0728. The summed E-state index contributed by atoms with van der Waals surface area (Å²) in [5, 5.41) is 10.5. The van der Waals surface area contributed by atoms with Crippen LogP contribution in [0.2, 0.25) is 0 Å². The number of hydrogen-bond acceptors (Lipinski definition) is 4. The van der Waals surface area contributed by atoms with Crippen molar-refractivity contribution in [3.8, 4) is 0 Å². The Labute approximate surface area is 201 Å². The van der Waals surface area contributed by atoms with Crippen molar-refractivity contribution in [1.82, 2.24) is 9.80 Å². The summed E-state index contributed by atoms with van der Waals surface area (Å²) in [6.45, 7) is 6.27. The molecule has 0 amide bonds. The van der Waals surface area contributed by atoms with Crippen molar-refractivity contribution in [2.75, 3.05) is 50.7 Å². The Balaban J connectivity index is 1.24. The molecule has 4 rings (SSSR count). The third-order valence-electron chi connectivity index (χ3n) is 6.38. The molecule has 1 aliphatic heterocycles. The minimum Gasteiger partial charge on any atom is -0.391 e. The SMILES string of the molecule is O[C@H](Cc1ccccc1)CN1CCN(CCCN(c2ccc(F)cc2)c2ccc(F)cc2)CC1. The van der Waals surface area contributed by atoms with Gasteiger partial charge in [-0.3, -0.25) is 4.90 Å². The summed E-state index contributed by atoms with van der Waals surface area (Å²) in [4.78, 5) is 6.90. The predicted octanol–water partition coefficient (Wildman–Crippen LogP) is 4.71. The van der Waals surface area contributed by atoms with E-state index in [4.69, 9.17) is 0 Å². The van der Waals surface area contributed by atoms with Gasteiger partial charge in [0.05, 0.1) is 6.10 Å². The number of aliphatic hydroxyl groups is 1. The van der Waals surface area contributed by atoms with Crippen LogP contribution in [0.15, 0.2) is 78.9 Å². The van der Waals surface area contributed by atoms with Crippen LogP contribution in [0.25, 0.3) is 0 Å². The van der Waals surface area contributed by atoms with Crippen molar-refractivity contribution in [2.45, 2.75) is 18.9 Å². The number of halogens is 2. The zero-order valence-electron chi connectivity index (χ0n) is 19.5. The quantitative estimate of drug-likeness (QED) is 0.470. The van der Waals surface area contributed by atoms with Gasteiger partial charge in [-0.1, -0.05) is 30.3 Å². The molecule has 1 atom stereocenters. The molecular formula is C28H33F2N3O. The molecule has 6 heteroatoms. The highest BCUT2D eigenvalue weighted by Crippen LogP contribution is 2.26. The fourth-order valence-corrected chi connectivity index (χ4v) is 4.55. The lowest BCUT2D eigenvalue weighted by atomic mass is 10.1. The number of benzene rings is 3. The molecule has 1 saturated heterocycles. The van der Waals surface area contributed by atoms with Crippen LogP contribution in [-0.2, 0) is 6.42 Å². The molecule has 1 aliphatic rings. The van der Waals surface area contributed by atoms with Gasteiger partial charge >= 0.3 is 0 Å². The highest BCUT2D eigenvalue weighted by atomic mass is 19.1. The zero-order valence-corrected chi connectivity index (χ0v) is 19.5. The number of β-amino-alcohol motifs (C(OH)–C–C–N with tert-alkyl or cyclic N) is 1. The summed E-state index contributed by atoms with van der Waals surface area (Å²) in [6, 6.07) is 23.0. The molecule has 1 N–H and O–H groups in total. The van der Waals surface area contributed by atoms with Crippen LogP contribution in [0.4, 0.5) is 20.2 Å². The lowest BCUT2D eigenvalue weighted by Crippen LogP contribution is -2.49. The Morgan fingerprint density at radius 2 is 1.26 bits per heavy atom. The molecule has 0 unspecified atom stereocenters. The fraction of sp³-hybridized carbons (Fsp3) is 0.357. The van der Waals surface area contributed by atoms with E-state index in [9.17, 15) is 13.9 Å². The molecule has 0 aromatic heterocycles. The van der Waals surface area contributed by atoms with Gasteiger partial charge in [0.15, 0.2) is 0 Å². The maximum atomic E-state index is 13.4. The first-order chi connectivity index (χ1) is 16.6. The Morgan fingerprint density at radius 1 is 0.735 bits per heavy atom. The first-order valence-corrected chi connectivity index (χ1v) is 12.0. The van der Waals surface area contributed by atoms with Crippen molar-refractivity contribution >= 4 is 11.4 Å². The second kappa shape index (κ2) is 12.1. The molecule has 34 heavy (non-hydrogen) atoms. The number of rotatable bonds is 10. The minimum atomic E-state index is -0.353. The van der Waals surface area contributed by atoms with Crippen LogP contribution in [-0.4, -0.2) is 66.8 Å². The van der Waals surface area contributed by atoms with Crippen LogP contribution < -0.4 is 4.90 Å². The monoisotopic (exact) mass is 465 g/mol. The molecule has 180 valence electrons. The van der Waals surface area contributed by atoms with Gasteiger partial charge in [0, 0.05) is 50.6 Å². The maximum Gasteiger partial charge on any atom is 0.123 e. The maximum absolute atomic E-state index is 13.4. The molecule has 4 nitrogen and oxygen atoms in total. The molecule has 3 aromatic rings. The Bertz CT molecular complexity index is 945. The van der Waals surface area contributed by atoms with E-state index < -0.39 is 0 Å². The highest BCUT2D eigenvalue weighted by molar-refractivity contribution is 5.63. The van der Waals surface area contributed by atoms with E-state index in [2.05, 4.69) is 26.8 Å². The second-order valence-electron chi connectivity index (χ2n) is 8.94. The summed E-state index contributed by atoms with van der Waals surface area (Å²) in [6.07, 6.45) is 1.27. The predicted molar refractivity (Wildman–Crippen MR) is 133 cm³/mol. The van der Waals surface area contributed by atoms with Crippen molar-refractivity contribution in [2.24, 2.45) is 0 Å². The van der Waals surface area contributed by atoms with E-state index in [1.165, 1.54) is 29.8 Å². The molecule has 0 radical (unpaired) electrons. The smallest absolute Gasteiger partial charge is 0.123 e. The van der Waals surface area contributed by atoms with E-state index in [0.29, 0.717) is 13.0 Å². The highest BCUT2D eigenvalue weighted by Gasteiger charge is 2.19. The van der Waals surface area contributed by atoms with E-state index in [0.717, 1.165) is 57.1 Å². The minimum absolute atomic E-state index is 0.269. The largest absolute Gasteiger partial charge is 0.391 e. The summed E-state index contributed by atoms with van der Waals surface area (Å²) in [5.41, 5.74) is 2.95. The molecule has 1 heterocycles. The van der Waals surface area contributed by atoms with Crippen molar-refractivity contribution < 1.29 is 13.9 Å². The summed E-state index contributed by atoms with van der Waals surface area (Å²) >= 11 is 0. The zero-order chi connectivity index (χ0) is 23.8. The van der Waals surface area contributed by atoms with E-state index in [1.807, 2.05) is 18.2 Å². The Kier molecular flexibility index (Phi) is 8.63. The van der Waals surface area contributed by atoms with Gasteiger partial charge < -0.3 is 14.9 Å². The lowest BCUT2D eigenvalue weighted by Gasteiger charge is -2.36. The summed E-state index contributed by atoms with van der Waals surface area (Å²) in [5.74, 6) is -0.538. The number of hydrogen-bond donors (Lipinski definition) is 1. The van der Waals surface area contributed by atoms with Gasteiger partial charge in [-0.2, -0.15) is 0 Å². The first-order valence-electron chi connectivity index (χ1n) is 12.0.